The summed E-state index contributed by atoms with van der Waals surface area (Å²) in [5.41, 5.74) is 2.34. The lowest BCUT2D eigenvalue weighted by molar-refractivity contribution is -0.140. The third kappa shape index (κ3) is 10.9. The maximum atomic E-state index is 11.0. The third-order valence-corrected chi connectivity index (χ3v) is 5.63. The molecule has 0 aromatic heterocycles. The molecule has 0 radical (unpaired) electrons. The fourth-order valence-corrected chi connectivity index (χ4v) is 3.80. The predicted molar refractivity (Wildman–Crippen MR) is 133 cm³/mol. The molecule has 5 heteroatoms. The van der Waals surface area contributed by atoms with Crippen molar-refractivity contribution in [3.63, 3.8) is 0 Å². The molecule has 0 spiro atoms. The summed E-state index contributed by atoms with van der Waals surface area (Å²) in [6, 6.07) is 14.9. The van der Waals surface area contributed by atoms with E-state index in [2.05, 4.69) is 0 Å². The highest BCUT2D eigenvalue weighted by atomic mass is 16.7. The van der Waals surface area contributed by atoms with Crippen LogP contribution in [0.25, 0.3) is 11.1 Å². The molecule has 0 fully saturated rings. The Labute approximate surface area is 199 Å². The van der Waals surface area contributed by atoms with Crippen LogP contribution in [0, 0.1) is 0 Å². The van der Waals surface area contributed by atoms with Gasteiger partial charge in [-0.25, -0.2) is 4.79 Å². The summed E-state index contributed by atoms with van der Waals surface area (Å²) in [6.45, 7) is 6.19. The normalized spacial score (nSPS) is 11.1. The highest BCUT2D eigenvalue weighted by molar-refractivity contribution is 5.88. The molecule has 0 saturated carbocycles. The standard InChI is InChI=1S/C28H40O5/c1-3-31-27(32-4-2)13-11-9-7-5-6-8-10-12-22-33-26-20-18-24(19-21-26)23-14-16-25(17-15-23)28(29)30/h14-21,27H,3-13,22H2,1-2H3,(H,29,30). The summed E-state index contributed by atoms with van der Waals surface area (Å²) in [5.74, 6) is -0.0343. The highest BCUT2D eigenvalue weighted by Crippen LogP contribution is 2.23. The molecule has 0 aliphatic carbocycles. The largest absolute Gasteiger partial charge is 0.494 e. The van der Waals surface area contributed by atoms with E-state index in [0.29, 0.717) is 18.8 Å². The fourth-order valence-electron chi connectivity index (χ4n) is 3.80. The smallest absolute Gasteiger partial charge is 0.335 e. The van der Waals surface area contributed by atoms with E-state index in [1.165, 1.54) is 44.9 Å². The minimum atomic E-state index is -0.908. The molecule has 2 rings (SSSR count). The lowest BCUT2D eigenvalue weighted by atomic mass is 10.0. The summed E-state index contributed by atoms with van der Waals surface area (Å²) in [6.07, 6.45) is 10.8. The van der Waals surface area contributed by atoms with Crippen LogP contribution in [0.15, 0.2) is 48.5 Å². The SMILES string of the molecule is CCOC(CCCCCCCCCCOc1ccc(-c2ccc(C(=O)O)cc2)cc1)OCC. The summed E-state index contributed by atoms with van der Waals surface area (Å²) in [5, 5.41) is 9.00. The van der Waals surface area contributed by atoms with Crippen molar-refractivity contribution in [3.8, 4) is 16.9 Å². The number of carboxylic acids is 1. The molecular weight excluding hydrogens is 416 g/mol. The molecule has 0 unspecified atom stereocenters. The quantitative estimate of drug-likeness (QED) is 0.188. The van der Waals surface area contributed by atoms with Crippen LogP contribution >= 0.6 is 0 Å². The molecule has 0 aliphatic heterocycles. The number of carboxylic acid groups (broad SMARTS) is 1. The molecule has 5 nitrogen and oxygen atoms in total. The highest BCUT2D eigenvalue weighted by Gasteiger charge is 2.07. The lowest BCUT2D eigenvalue weighted by Crippen LogP contribution is -2.17. The van der Waals surface area contributed by atoms with Crippen molar-refractivity contribution in [3.05, 3.63) is 54.1 Å². The van der Waals surface area contributed by atoms with Crippen LogP contribution in [0.3, 0.4) is 0 Å². The van der Waals surface area contributed by atoms with Gasteiger partial charge in [0.25, 0.3) is 0 Å². The van der Waals surface area contributed by atoms with E-state index in [1.807, 2.05) is 50.2 Å². The number of hydrogen-bond donors (Lipinski definition) is 1. The van der Waals surface area contributed by atoms with Crippen molar-refractivity contribution in [2.45, 2.75) is 77.9 Å². The van der Waals surface area contributed by atoms with E-state index in [4.69, 9.17) is 19.3 Å². The first kappa shape index (κ1) is 26.9. The molecule has 182 valence electrons. The average molecular weight is 457 g/mol. The lowest BCUT2D eigenvalue weighted by Gasteiger charge is -2.16. The van der Waals surface area contributed by atoms with Crippen LogP contribution in [-0.4, -0.2) is 37.2 Å². The van der Waals surface area contributed by atoms with Crippen molar-refractivity contribution in [2.75, 3.05) is 19.8 Å². The summed E-state index contributed by atoms with van der Waals surface area (Å²) in [4.78, 5) is 11.0. The number of rotatable bonds is 18. The average Bonchev–Trinajstić information content (AvgIpc) is 2.83. The predicted octanol–water partition coefficient (Wildman–Crippen LogP) is 7.34. The summed E-state index contributed by atoms with van der Waals surface area (Å²) >= 11 is 0. The molecule has 2 aromatic carbocycles. The van der Waals surface area contributed by atoms with Crippen molar-refractivity contribution in [1.82, 2.24) is 0 Å². The van der Waals surface area contributed by atoms with Crippen LogP contribution in [0.2, 0.25) is 0 Å². The molecule has 0 bridgehead atoms. The van der Waals surface area contributed by atoms with Crippen LogP contribution in [0.1, 0.15) is 82.0 Å². The molecule has 0 aliphatic rings. The molecule has 0 amide bonds. The number of ether oxygens (including phenoxy) is 3. The monoisotopic (exact) mass is 456 g/mol. The van der Waals surface area contributed by atoms with E-state index in [-0.39, 0.29) is 6.29 Å². The minimum absolute atomic E-state index is 0.0263. The molecule has 33 heavy (non-hydrogen) atoms. The van der Waals surface area contributed by atoms with Gasteiger partial charge in [0.05, 0.1) is 12.2 Å². The number of unbranched alkanes of at least 4 members (excludes halogenated alkanes) is 7. The van der Waals surface area contributed by atoms with Gasteiger partial charge in [-0.2, -0.15) is 0 Å². The maximum absolute atomic E-state index is 11.0. The first-order chi connectivity index (χ1) is 16.1. The molecule has 0 saturated heterocycles. The Morgan fingerprint density at radius 1 is 0.727 bits per heavy atom. The Hall–Kier alpha value is -2.37. The van der Waals surface area contributed by atoms with Crippen molar-refractivity contribution in [2.24, 2.45) is 0 Å². The second-order valence-electron chi connectivity index (χ2n) is 8.21. The second kappa shape index (κ2) is 16.3. The maximum Gasteiger partial charge on any atom is 0.335 e. The Kier molecular flexibility index (Phi) is 13.3. The van der Waals surface area contributed by atoms with Crippen molar-refractivity contribution in [1.29, 1.82) is 0 Å². The van der Waals surface area contributed by atoms with Crippen LogP contribution in [-0.2, 0) is 9.47 Å². The molecule has 2 aromatic rings. The van der Waals surface area contributed by atoms with Crippen molar-refractivity contribution >= 4 is 5.97 Å². The number of aromatic carboxylic acids is 1. The van der Waals surface area contributed by atoms with Gasteiger partial charge < -0.3 is 19.3 Å². The Morgan fingerprint density at radius 2 is 1.21 bits per heavy atom. The summed E-state index contributed by atoms with van der Waals surface area (Å²) < 4.78 is 17.0. The van der Waals surface area contributed by atoms with Gasteiger partial charge in [-0.15, -0.1) is 0 Å². The zero-order valence-electron chi connectivity index (χ0n) is 20.3. The van der Waals surface area contributed by atoms with Gasteiger partial charge in [0, 0.05) is 13.2 Å². The van der Waals surface area contributed by atoms with E-state index in [0.717, 1.165) is 36.3 Å². The summed E-state index contributed by atoms with van der Waals surface area (Å²) in [7, 11) is 0. The molecule has 0 heterocycles. The van der Waals surface area contributed by atoms with Gasteiger partial charge in [-0.1, -0.05) is 62.8 Å². The molecule has 1 N–H and O–H groups in total. The van der Waals surface area contributed by atoms with Crippen LogP contribution in [0.5, 0.6) is 5.75 Å². The van der Waals surface area contributed by atoms with Gasteiger partial charge in [-0.05, 0) is 68.5 Å². The van der Waals surface area contributed by atoms with Crippen LogP contribution < -0.4 is 4.74 Å². The molecular formula is C28H40O5. The number of carbonyl (C=O) groups is 1. The molecule has 0 atom stereocenters. The van der Waals surface area contributed by atoms with Gasteiger partial charge in [-0.3, -0.25) is 0 Å². The van der Waals surface area contributed by atoms with E-state index in [9.17, 15) is 4.79 Å². The third-order valence-electron chi connectivity index (χ3n) is 5.63. The van der Waals surface area contributed by atoms with E-state index >= 15 is 0 Å². The first-order valence-corrected chi connectivity index (χ1v) is 12.4. The second-order valence-corrected chi connectivity index (χ2v) is 8.21. The van der Waals surface area contributed by atoms with Crippen molar-refractivity contribution < 1.29 is 24.1 Å². The first-order valence-electron chi connectivity index (χ1n) is 12.4. The fraction of sp³-hybridized carbons (Fsp3) is 0.536. The number of benzene rings is 2. The van der Waals surface area contributed by atoms with Gasteiger partial charge >= 0.3 is 5.97 Å². The Morgan fingerprint density at radius 3 is 1.73 bits per heavy atom. The number of hydrogen-bond acceptors (Lipinski definition) is 4. The Bertz CT molecular complexity index is 764. The minimum Gasteiger partial charge on any atom is -0.494 e. The van der Waals surface area contributed by atoms with Gasteiger partial charge in [0.1, 0.15) is 5.75 Å². The zero-order valence-corrected chi connectivity index (χ0v) is 20.3. The van der Waals surface area contributed by atoms with E-state index in [1.54, 1.807) is 12.1 Å². The Balaban J connectivity index is 1.50. The zero-order chi connectivity index (χ0) is 23.7. The van der Waals surface area contributed by atoms with Crippen LogP contribution in [0.4, 0.5) is 0 Å². The topological polar surface area (TPSA) is 65.0 Å². The van der Waals surface area contributed by atoms with E-state index < -0.39 is 5.97 Å². The van der Waals surface area contributed by atoms with Gasteiger partial charge in [0.2, 0.25) is 0 Å². The van der Waals surface area contributed by atoms with Gasteiger partial charge in [0.15, 0.2) is 6.29 Å².